The van der Waals surface area contributed by atoms with E-state index in [-0.39, 0.29) is 0 Å². The highest BCUT2D eigenvalue weighted by Gasteiger charge is 2.64. The quantitative estimate of drug-likeness (QED) is 0.825. The fourth-order valence-corrected chi connectivity index (χ4v) is 4.20. The molecule has 0 aromatic carbocycles. The molecule has 1 N–H and O–H groups in total. The van der Waals surface area contributed by atoms with Crippen molar-refractivity contribution in [2.75, 3.05) is 19.6 Å². The van der Waals surface area contributed by atoms with Gasteiger partial charge in [0.15, 0.2) is 0 Å². The Kier molecular flexibility index (Phi) is 4.57. The van der Waals surface area contributed by atoms with Crippen molar-refractivity contribution in [1.29, 1.82) is 0 Å². The maximum absolute atomic E-state index is 3.79. The summed E-state index contributed by atoms with van der Waals surface area (Å²) in [5.41, 5.74) is 1.03. The molecular formula is C18H36N2. The van der Waals surface area contributed by atoms with E-state index in [1.807, 2.05) is 0 Å². The Morgan fingerprint density at radius 3 is 2.20 bits per heavy atom. The van der Waals surface area contributed by atoms with Gasteiger partial charge < -0.3 is 5.32 Å². The molecule has 1 saturated carbocycles. The molecule has 1 heterocycles. The van der Waals surface area contributed by atoms with Crippen molar-refractivity contribution in [3.05, 3.63) is 0 Å². The largest absolute Gasteiger partial charge is 0.311 e. The maximum Gasteiger partial charge on any atom is 0.0221 e. The minimum absolute atomic E-state index is 0.516. The van der Waals surface area contributed by atoms with Gasteiger partial charge in [-0.25, -0.2) is 0 Å². The Bertz CT molecular complexity index is 320. The summed E-state index contributed by atoms with van der Waals surface area (Å²) in [6, 6.07) is 1.43. The summed E-state index contributed by atoms with van der Waals surface area (Å²) in [7, 11) is 0. The lowest BCUT2D eigenvalue weighted by Crippen LogP contribution is -2.58. The van der Waals surface area contributed by atoms with Gasteiger partial charge in [-0.2, -0.15) is 0 Å². The van der Waals surface area contributed by atoms with Crippen LogP contribution < -0.4 is 5.32 Å². The van der Waals surface area contributed by atoms with E-state index in [2.05, 4.69) is 58.7 Å². The Morgan fingerprint density at radius 1 is 1.15 bits per heavy atom. The minimum atomic E-state index is 0.516. The summed E-state index contributed by atoms with van der Waals surface area (Å²) in [4.78, 5) is 2.80. The van der Waals surface area contributed by atoms with Gasteiger partial charge in [0.05, 0.1) is 0 Å². The van der Waals surface area contributed by atoms with Crippen molar-refractivity contribution in [3.63, 3.8) is 0 Å². The zero-order valence-corrected chi connectivity index (χ0v) is 14.8. The van der Waals surface area contributed by atoms with Crippen molar-refractivity contribution in [1.82, 2.24) is 10.2 Å². The van der Waals surface area contributed by atoms with Crippen molar-refractivity contribution >= 4 is 0 Å². The van der Waals surface area contributed by atoms with E-state index in [0.29, 0.717) is 16.9 Å². The van der Waals surface area contributed by atoms with Crippen LogP contribution in [0.2, 0.25) is 0 Å². The molecule has 1 saturated heterocycles. The molecule has 2 aliphatic rings. The average molecular weight is 280 g/mol. The van der Waals surface area contributed by atoms with Crippen LogP contribution in [0.1, 0.15) is 61.3 Å². The second-order valence-electron chi connectivity index (χ2n) is 8.41. The molecule has 1 aliphatic carbocycles. The molecule has 3 atom stereocenters. The number of hydrogen-bond donors (Lipinski definition) is 1. The van der Waals surface area contributed by atoms with E-state index >= 15 is 0 Å². The van der Waals surface area contributed by atoms with Crippen molar-refractivity contribution < 1.29 is 0 Å². The maximum atomic E-state index is 3.79. The average Bonchev–Trinajstić information content (AvgIpc) is 2.80. The molecule has 0 aromatic heterocycles. The second kappa shape index (κ2) is 5.61. The summed E-state index contributed by atoms with van der Waals surface area (Å²) in [6.07, 6.45) is 2.55. The number of hydrogen-bond acceptors (Lipinski definition) is 2. The van der Waals surface area contributed by atoms with Gasteiger partial charge >= 0.3 is 0 Å². The Labute approximate surface area is 126 Å². The van der Waals surface area contributed by atoms with Gasteiger partial charge in [-0.15, -0.1) is 0 Å². The molecule has 0 radical (unpaired) electrons. The van der Waals surface area contributed by atoms with Gasteiger partial charge in [0.25, 0.3) is 0 Å². The number of nitrogens with one attached hydrogen (secondary N) is 1. The number of piperazine rings is 1. The fraction of sp³-hybridized carbons (Fsp3) is 1.00. The van der Waals surface area contributed by atoms with Gasteiger partial charge in [0.2, 0.25) is 0 Å². The fourth-order valence-electron chi connectivity index (χ4n) is 4.20. The van der Waals surface area contributed by atoms with E-state index in [9.17, 15) is 0 Å². The lowest BCUT2D eigenvalue weighted by atomic mass is 9.94. The first-order valence-electron chi connectivity index (χ1n) is 8.73. The molecule has 0 aromatic rings. The highest BCUT2D eigenvalue weighted by molar-refractivity contribution is 5.13. The van der Waals surface area contributed by atoms with Crippen LogP contribution in [0.25, 0.3) is 0 Å². The SMILES string of the molecule is CCC(C)C1CN(CC2C(C)(C)C2(C)C)C(CC)CN1. The van der Waals surface area contributed by atoms with E-state index in [1.54, 1.807) is 0 Å². The standard InChI is InChI=1S/C18H36N2/c1-8-13(3)15-11-20(14(9-2)10-19-15)12-16-17(4,5)18(16,6)7/h13-16,19H,8-12H2,1-7H3. The first-order chi connectivity index (χ1) is 9.25. The van der Waals surface area contributed by atoms with Gasteiger partial charge in [0, 0.05) is 31.7 Å². The Hall–Kier alpha value is -0.0800. The third-order valence-electron chi connectivity index (χ3n) is 7.10. The van der Waals surface area contributed by atoms with Crippen LogP contribution in [0.3, 0.4) is 0 Å². The molecule has 20 heavy (non-hydrogen) atoms. The topological polar surface area (TPSA) is 15.3 Å². The van der Waals surface area contributed by atoms with Crippen LogP contribution in [-0.2, 0) is 0 Å². The highest BCUT2D eigenvalue weighted by Crippen LogP contribution is 2.68. The highest BCUT2D eigenvalue weighted by atomic mass is 15.2. The third-order valence-corrected chi connectivity index (χ3v) is 7.10. The van der Waals surface area contributed by atoms with Gasteiger partial charge in [0.1, 0.15) is 0 Å². The summed E-state index contributed by atoms with van der Waals surface area (Å²) in [5, 5.41) is 3.79. The van der Waals surface area contributed by atoms with E-state index in [0.717, 1.165) is 17.9 Å². The van der Waals surface area contributed by atoms with Crippen LogP contribution >= 0.6 is 0 Å². The molecule has 0 bridgehead atoms. The summed E-state index contributed by atoms with van der Waals surface area (Å²) < 4.78 is 0. The predicted octanol–water partition coefficient (Wildman–Crippen LogP) is 3.77. The smallest absolute Gasteiger partial charge is 0.0221 e. The molecule has 2 heteroatoms. The van der Waals surface area contributed by atoms with Crippen LogP contribution in [0.5, 0.6) is 0 Å². The number of rotatable bonds is 5. The van der Waals surface area contributed by atoms with Crippen LogP contribution in [-0.4, -0.2) is 36.6 Å². The molecule has 0 amide bonds. The number of nitrogens with zero attached hydrogens (tertiary/aromatic N) is 1. The van der Waals surface area contributed by atoms with Crippen molar-refractivity contribution in [2.24, 2.45) is 22.7 Å². The van der Waals surface area contributed by atoms with Crippen LogP contribution in [0, 0.1) is 22.7 Å². The Balaban J connectivity index is 2.00. The second-order valence-corrected chi connectivity index (χ2v) is 8.41. The molecular weight excluding hydrogens is 244 g/mol. The van der Waals surface area contributed by atoms with Gasteiger partial charge in [-0.3, -0.25) is 4.90 Å². The predicted molar refractivity (Wildman–Crippen MR) is 87.9 cm³/mol. The van der Waals surface area contributed by atoms with Gasteiger partial charge in [-0.05, 0) is 29.1 Å². The first kappa shape index (κ1) is 16.3. The normalized spacial score (nSPS) is 35.0. The summed E-state index contributed by atoms with van der Waals surface area (Å²) in [5.74, 6) is 1.65. The van der Waals surface area contributed by atoms with Crippen molar-refractivity contribution in [2.45, 2.75) is 73.4 Å². The molecule has 118 valence electrons. The van der Waals surface area contributed by atoms with Gasteiger partial charge in [-0.1, -0.05) is 54.9 Å². The molecule has 2 fully saturated rings. The van der Waals surface area contributed by atoms with Crippen LogP contribution in [0.4, 0.5) is 0 Å². The zero-order chi connectivity index (χ0) is 15.1. The lowest BCUT2D eigenvalue weighted by Gasteiger charge is -2.42. The minimum Gasteiger partial charge on any atom is -0.311 e. The Morgan fingerprint density at radius 2 is 1.75 bits per heavy atom. The van der Waals surface area contributed by atoms with E-state index in [4.69, 9.17) is 0 Å². The van der Waals surface area contributed by atoms with E-state index in [1.165, 1.54) is 32.5 Å². The third kappa shape index (κ3) is 2.66. The molecule has 0 spiro atoms. The van der Waals surface area contributed by atoms with Crippen molar-refractivity contribution in [3.8, 4) is 0 Å². The van der Waals surface area contributed by atoms with E-state index < -0.39 is 0 Å². The molecule has 1 aliphatic heterocycles. The molecule has 3 unspecified atom stereocenters. The summed E-state index contributed by atoms with van der Waals surface area (Å²) >= 11 is 0. The monoisotopic (exact) mass is 280 g/mol. The molecule has 2 rings (SSSR count). The molecule has 2 nitrogen and oxygen atoms in total. The zero-order valence-electron chi connectivity index (χ0n) is 14.8. The first-order valence-corrected chi connectivity index (χ1v) is 8.73. The summed E-state index contributed by atoms with van der Waals surface area (Å²) in [6.45, 7) is 20.6. The lowest BCUT2D eigenvalue weighted by molar-refractivity contribution is 0.0956. The van der Waals surface area contributed by atoms with Crippen LogP contribution in [0.15, 0.2) is 0 Å².